The number of piperazine rings is 1. The van der Waals surface area contributed by atoms with Gasteiger partial charge in [-0.3, -0.25) is 9.62 Å². The Balaban J connectivity index is 1.30. The van der Waals surface area contributed by atoms with Crippen LogP contribution < -0.4 is 19.1 Å². The van der Waals surface area contributed by atoms with Crippen molar-refractivity contribution in [1.82, 2.24) is 4.90 Å². The molecule has 9 heteroatoms. The topological polar surface area (TPSA) is 71.1 Å². The number of benzene rings is 2. The number of ether oxygens (including phenoxy) is 2. The molecule has 1 aromatic heterocycles. The molecule has 2 aromatic carbocycles. The lowest BCUT2D eigenvalue weighted by atomic mass is 10.2. The number of anilines is 2. The Morgan fingerprint density at radius 2 is 1.91 bits per heavy atom. The molecule has 3 aromatic rings. The fraction of sp³-hybridized carbons (Fsp3) is 0.440. The van der Waals surface area contributed by atoms with Crippen LogP contribution >= 0.6 is 11.3 Å². The summed E-state index contributed by atoms with van der Waals surface area (Å²) in [4.78, 5) is 4.95. The number of rotatable bonds is 10. The minimum Gasteiger partial charge on any atom is -0.497 e. The normalized spacial score (nSPS) is 15.0. The summed E-state index contributed by atoms with van der Waals surface area (Å²) in [6, 6.07) is 12.3. The Morgan fingerprint density at radius 3 is 2.65 bits per heavy atom. The molecule has 34 heavy (non-hydrogen) atoms. The predicted molar refractivity (Wildman–Crippen MR) is 141 cm³/mol. The van der Waals surface area contributed by atoms with Crippen LogP contribution in [0.15, 0.2) is 41.8 Å². The van der Waals surface area contributed by atoms with Gasteiger partial charge in [0.1, 0.15) is 11.5 Å². The maximum Gasteiger partial charge on any atom is 0.232 e. The van der Waals surface area contributed by atoms with E-state index in [4.69, 9.17) is 9.47 Å². The minimum atomic E-state index is -3.42. The quantitative estimate of drug-likeness (QED) is 0.409. The van der Waals surface area contributed by atoms with E-state index in [0.717, 1.165) is 44.7 Å². The molecule has 1 fully saturated rings. The van der Waals surface area contributed by atoms with E-state index in [1.807, 2.05) is 13.0 Å². The Hall–Kier alpha value is -2.49. The van der Waals surface area contributed by atoms with Gasteiger partial charge in [0.25, 0.3) is 0 Å². The van der Waals surface area contributed by atoms with Gasteiger partial charge in [0.2, 0.25) is 10.0 Å². The summed E-state index contributed by atoms with van der Waals surface area (Å²) in [5, 5.41) is 3.51. The Bertz CT molecular complexity index is 1220. The molecule has 2 heterocycles. The first kappa shape index (κ1) is 24.6. The van der Waals surface area contributed by atoms with E-state index in [1.54, 1.807) is 31.4 Å². The van der Waals surface area contributed by atoms with Crippen molar-refractivity contribution < 1.29 is 17.9 Å². The van der Waals surface area contributed by atoms with Gasteiger partial charge in [-0.1, -0.05) is 6.07 Å². The summed E-state index contributed by atoms with van der Waals surface area (Å²) < 4.78 is 39.6. The molecule has 0 unspecified atom stereocenters. The summed E-state index contributed by atoms with van der Waals surface area (Å²) in [6.45, 7) is 9.02. The Labute approximate surface area is 206 Å². The van der Waals surface area contributed by atoms with Crippen molar-refractivity contribution in [2.24, 2.45) is 0 Å². The molecule has 1 saturated heterocycles. The molecular formula is C25H33N3O4S2. The second-order valence-electron chi connectivity index (χ2n) is 8.47. The summed E-state index contributed by atoms with van der Waals surface area (Å²) in [5.41, 5.74) is 2.60. The molecular weight excluding hydrogens is 470 g/mol. The van der Waals surface area contributed by atoms with E-state index >= 15 is 0 Å². The summed E-state index contributed by atoms with van der Waals surface area (Å²) in [7, 11) is -1.86. The smallest absolute Gasteiger partial charge is 0.232 e. The van der Waals surface area contributed by atoms with Gasteiger partial charge in [-0.2, -0.15) is 0 Å². The van der Waals surface area contributed by atoms with Gasteiger partial charge >= 0.3 is 0 Å². The standard InChI is InChI=1S/C25H33N3O4S2/c1-4-34(29,30)26-22-18-20(31-3)17-19(2)25(22)32-15-6-10-27-11-13-28(14-12-27)23-7-5-8-24-21(23)9-16-33-24/h5,7-9,16-18,26H,4,6,10-15H2,1-3H3. The van der Waals surface area contributed by atoms with Gasteiger partial charge in [-0.25, -0.2) is 8.42 Å². The second-order valence-corrected chi connectivity index (χ2v) is 11.4. The van der Waals surface area contributed by atoms with Gasteiger partial charge in [-0.05, 0) is 55.5 Å². The third-order valence-corrected chi connectivity index (χ3v) is 8.35. The zero-order valence-electron chi connectivity index (χ0n) is 20.0. The molecule has 1 aliphatic heterocycles. The molecule has 7 nitrogen and oxygen atoms in total. The molecule has 1 N–H and O–H groups in total. The highest BCUT2D eigenvalue weighted by atomic mass is 32.2. The largest absolute Gasteiger partial charge is 0.497 e. The highest BCUT2D eigenvalue weighted by molar-refractivity contribution is 7.92. The van der Waals surface area contributed by atoms with E-state index < -0.39 is 10.0 Å². The third kappa shape index (κ3) is 5.76. The van der Waals surface area contributed by atoms with E-state index in [-0.39, 0.29) is 5.75 Å². The Morgan fingerprint density at radius 1 is 1.12 bits per heavy atom. The van der Waals surface area contributed by atoms with Gasteiger partial charge in [0, 0.05) is 54.6 Å². The summed E-state index contributed by atoms with van der Waals surface area (Å²) in [5.74, 6) is 1.15. The lowest BCUT2D eigenvalue weighted by Crippen LogP contribution is -2.46. The molecule has 0 atom stereocenters. The van der Waals surface area contributed by atoms with Crippen LogP contribution in [-0.2, 0) is 10.0 Å². The van der Waals surface area contributed by atoms with Crippen LogP contribution in [0.5, 0.6) is 11.5 Å². The van der Waals surface area contributed by atoms with Crippen LogP contribution in [0.25, 0.3) is 10.1 Å². The first-order chi connectivity index (χ1) is 16.4. The van der Waals surface area contributed by atoms with Gasteiger partial charge < -0.3 is 14.4 Å². The molecule has 0 spiro atoms. The van der Waals surface area contributed by atoms with Crippen LogP contribution in [0.1, 0.15) is 18.9 Å². The van der Waals surface area contributed by atoms with Crippen LogP contribution in [0.4, 0.5) is 11.4 Å². The maximum absolute atomic E-state index is 12.1. The molecule has 184 valence electrons. The van der Waals surface area contributed by atoms with Crippen molar-refractivity contribution in [1.29, 1.82) is 0 Å². The number of hydrogen-bond donors (Lipinski definition) is 1. The average Bonchev–Trinajstić information content (AvgIpc) is 3.32. The second kappa shape index (κ2) is 10.8. The number of fused-ring (bicyclic) bond motifs is 1. The fourth-order valence-electron chi connectivity index (χ4n) is 4.29. The molecule has 0 amide bonds. The third-order valence-electron chi connectivity index (χ3n) is 6.18. The van der Waals surface area contributed by atoms with Crippen LogP contribution in [0.3, 0.4) is 0 Å². The monoisotopic (exact) mass is 503 g/mol. The average molecular weight is 504 g/mol. The zero-order valence-corrected chi connectivity index (χ0v) is 21.7. The predicted octanol–water partition coefficient (Wildman–Crippen LogP) is 4.57. The zero-order chi connectivity index (χ0) is 24.1. The van der Waals surface area contributed by atoms with Crippen LogP contribution in [-0.4, -0.2) is 65.5 Å². The minimum absolute atomic E-state index is 0.00438. The van der Waals surface area contributed by atoms with E-state index in [2.05, 4.69) is 44.2 Å². The molecule has 4 rings (SSSR count). The van der Waals surface area contributed by atoms with E-state index in [1.165, 1.54) is 15.8 Å². The highest BCUT2D eigenvalue weighted by Gasteiger charge is 2.19. The van der Waals surface area contributed by atoms with E-state index in [0.29, 0.717) is 23.8 Å². The number of thiophene rings is 1. The number of aryl methyl sites for hydroxylation is 1. The van der Waals surface area contributed by atoms with Gasteiger partial charge in [-0.15, -0.1) is 11.3 Å². The first-order valence-electron chi connectivity index (χ1n) is 11.7. The van der Waals surface area contributed by atoms with Crippen molar-refractivity contribution in [3.63, 3.8) is 0 Å². The number of sulfonamides is 1. The van der Waals surface area contributed by atoms with Crippen molar-refractivity contribution in [3.05, 3.63) is 47.3 Å². The number of nitrogens with zero attached hydrogens (tertiary/aromatic N) is 2. The molecule has 0 bridgehead atoms. The van der Waals surface area contributed by atoms with Crippen LogP contribution in [0, 0.1) is 6.92 Å². The van der Waals surface area contributed by atoms with Gasteiger partial charge in [0.05, 0.1) is 25.2 Å². The van der Waals surface area contributed by atoms with E-state index in [9.17, 15) is 8.42 Å². The van der Waals surface area contributed by atoms with Crippen molar-refractivity contribution in [2.75, 3.05) is 61.8 Å². The number of methoxy groups -OCH3 is 1. The van der Waals surface area contributed by atoms with Crippen molar-refractivity contribution in [3.8, 4) is 11.5 Å². The van der Waals surface area contributed by atoms with Crippen molar-refractivity contribution in [2.45, 2.75) is 20.3 Å². The number of hydrogen-bond acceptors (Lipinski definition) is 7. The number of nitrogens with one attached hydrogen (secondary N) is 1. The Kier molecular flexibility index (Phi) is 7.85. The highest BCUT2D eigenvalue weighted by Crippen LogP contribution is 2.34. The molecule has 0 saturated carbocycles. The van der Waals surface area contributed by atoms with Crippen molar-refractivity contribution >= 4 is 42.8 Å². The fourth-order valence-corrected chi connectivity index (χ4v) is 5.73. The van der Waals surface area contributed by atoms with Crippen LogP contribution in [0.2, 0.25) is 0 Å². The summed E-state index contributed by atoms with van der Waals surface area (Å²) in [6.07, 6.45) is 0.867. The lowest BCUT2D eigenvalue weighted by Gasteiger charge is -2.36. The SMILES string of the molecule is CCS(=O)(=O)Nc1cc(OC)cc(C)c1OCCCN1CCN(c2cccc3sccc23)CC1. The first-order valence-corrected chi connectivity index (χ1v) is 14.2. The summed E-state index contributed by atoms with van der Waals surface area (Å²) >= 11 is 1.79. The maximum atomic E-state index is 12.1. The lowest BCUT2D eigenvalue weighted by molar-refractivity contribution is 0.224. The molecule has 1 aliphatic rings. The molecule has 0 aliphatic carbocycles. The van der Waals surface area contributed by atoms with Gasteiger partial charge in [0.15, 0.2) is 0 Å². The molecule has 0 radical (unpaired) electrons.